The highest BCUT2D eigenvalue weighted by atomic mass is 19.2. The molecule has 0 spiro atoms. The minimum absolute atomic E-state index is 0.274. The van der Waals surface area contributed by atoms with Gasteiger partial charge >= 0.3 is 0 Å². The molecule has 2 nitrogen and oxygen atoms in total. The lowest BCUT2D eigenvalue weighted by Crippen LogP contribution is -1.95. The normalized spacial score (nSPS) is 11.7. The van der Waals surface area contributed by atoms with Gasteiger partial charge in [0.1, 0.15) is 11.6 Å². The third kappa shape index (κ3) is 3.75. The third-order valence-electron chi connectivity index (χ3n) is 2.63. The highest BCUT2D eigenvalue weighted by molar-refractivity contribution is 5.83. The van der Waals surface area contributed by atoms with E-state index in [9.17, 15) is 17.6 Å². The molecule has 0 saturated carbocycles. The Morgan fingerprint density at radius 2 is 1.38 bits per heavy atom. The maximum Gasteiger partial charge on any atom is 0.159 e. The molecule has 0 aliphatic carbocycles. The standard InChI is InChI=1S/C15H10F4N2/c1-9-4-13(17)11(14(18)5-9)8-21-20-7-10-2-3-12(16)15(19)6-10/h2-8H,1H3. The quantitative estimate of drug-likeness (QED) is 0.464. The van der Waals surface area contributed by atoms with E-state index in [4.69, 9.17) is 0 Å². The van der Waals surface area contributed by atoms with E-state index in [-0.39, 0.29) is 11.1 Å². The lowest BCUT2D eigenvalue weighted by Gasteiger charge is -1.99. The van der Waals surface area contributed by atoms with Gasteiger partial charge in [-0.2, -0.15) is 10.2 Å². The molecule has 0 aliphatic rings. The molecule has 0 fully saturated rings. The topological polar surface area (TPSA) is 24.7 Å². The van der Waals surface area contributed by atoms with E-state index in [1.807, 2.05) is 0 Å². The number of benzene rings is 2. The van der Waals surface area contributed by atoms with Crippen molar-refractivity contribution in [2.24, 2.45) is 10.2 Å². The molecule has 0 saturated heterocycles. The molecule has 0 unspecified atom stereocenters. The van der Waals surface area contributed by atoms with Gasteiger partial charge in [0.2, 0.25) is 0 Å². The van der Waals surface area contributed by atoms with E-state index in [1.165, 1.54) is 18.2 Å². The second-order valence-electron chi connectivity index (χ2n) is 4.30. The fourth-order valence-corrected chi connectivity index (χ4v) is 1.62. The van der Waals surface area contributed by atoms with Crippen LogP contribution in [0.1, 0.15) is 16.7 Å². The van der Waals surface area contributed by atoms with Gasteiger partial charge in [0.25, 0.3) is 0 Å². The average molecular weight is 294 g/mol. The van der Waals surface area contributed by atoms with E-state index in [1.54, 1.807) is 6.92 Å². The Labute approximate surface area is 118 Å². The second-order valence-corrected chi connectivity index (χ2v) is 4.30. The van der Waals surface area contributed by atoms with Crippen LogP contribution in [0.2, 0.25) is 0 Å². The predicted octanol–water partition coefficient (Wildman–Crippen LogP) is 4.00. The summed E-state index contributed by atoms with van der Waals surface area (Å²) in [6.45, 7) is 1.56. The fourth-order valence-electron chi connectivity index (χ4n) is 1.62. The summed E-state index contributed by atoms with van der Waals surface area (Å²) in [6.07, 6.45) is 2.06. The van der Waals surface area contributed by atoms with Crippen LogP contribution in [0.25, 0.3) is 0 Å². The third-order valence-corrected chi connectivity index (χ3v) is 2.63. The van der Waals surface area contributed by atoms with E-state index in [0.29, 0.717) is 5.56 Å². The maximum atomic E-state index is 13.5. The van der Waals surface area contributed by atoms with E-state index in [2.05, 4.69) is 10.2 Å². The lowest BCUT2D eigenvalue weighted by atomic mass is 10.1. The maximum absolute atomic E-state index is 13.5. The molecule has 0 radical (unpaired) electrons. The number of aryl methyl sites for hydroxylation is 1. The average Bonchev–Trinajstić information content (AvgIpc) is 2.40. The van der Waals surface area contributed by atoms with Gasteiger partial charge in [0.05, 0.1) is 18.0 Å². The summed E-state index contributed by atoms with van der Waals surface area (Å²) in [5.41, 5.74) is 0.409. The Morgan fingerprint density at radius 3 is 2.00 bits per heavy atom. The zero-order valence-electron chi connectivity index (χ0n) is 10.9. The van der Waals surface area contributed by atoms with Crippen LogP contribution < -0.4 is 0 Å². The summed E-state index contributed by atoms with van der Waals surface area (Å²) < 4.78 is 52.6. The first-order valence-corrected chi connectivity index (χ1v) is 5.94. The van der Waals surface area contributed by atoms with Crippen molar-refractivity contribution in [2.75, 3.05) is 0 Å². The molecule has 21 heavy (non-hydrogen) atoms. The van der Waals surface area contributed by atoms with E-state index >= 15 is 0 Å². The monoisotopic (exact) mass is 294 g/mol. The molecule has 0 amide bonds. The SMILES string of the molecule is Cc1cc(F)c(C=NN=Cc2ccc(F)c(F)c2)c(F)c1. The Kier molecular flexibility index (Phi) is 4.47. The van der Waals surface area contributed by atoms with Crippen LogP contribution in [-0.2, 0) is 0 Å². The van der Waals surface area contributed by atoms with Gasteiger partial charge in [-0.1, -0.05) is 6.07 Å². The number of halogens is 4. The number of rotatable bonds is 3. The minimum atomic E-state index is -1.02. The van der Waals surface area contributed by atoms with Gasteiger partial charge in [-0.25, -0.2) is 17.6 Å². The van der Waals surface area contributed by atoms with Crippen LogP contribution in [0.4, 0.5) is 17.6 Å². The first kappa shape index (κ1) is 14.9. The molecule has 108 valence electrons. The minimum Gasteiger partial charge on any atom is -0.206 e. The highest BCUT2D eigenvalue weighted by Crippen LogP contribution is 2.13. The lowest BCUT2D eigenvalue weighted by molar-refractivity contribution is 0.508. The predicted molar refractivity (Wildman–Crippen MR) is 72.6 cm³/mol. The van der Waals surface area contributed by atoms with Crippen molar-refractivity contribution in [3.8, 4) is 0 Å². The van der Waals surface area contributed by atoms with Crippen LogP contribution in [0.15, 0.2) is 40.5 Å². The van der Waals surface area contributed by atoms with Crippen LogP contribution in [0, 0.1) is 30.2 Å². The summed E-state index contributed by atoms with van der Waals surface area (Å²) in [5, 5.41) is 7.02. The van der Waals surface area contributed by atoms with Gasteiger partial charge < -0.3 is 0 Å². The Hall–Kier alpha value is -2.50. The second kappa shape index (κ2) is 6.30. The van der Waals surface area contributed by atoms with E-state index < -0.39 is 23.3 Å². The van der Waals surface area contributed by atoms with Crippen molar-refractivity contribution >= 4 is 12.4 Å². The van der Waals surface area contributed by atoms with Crippen molar-refractivity contribution in [3.05, 3.63) is 70.3 Å². The molecule has 2 aromatic carbocycles. The molecule has 2 aromatic rings. The molecule has 6 heteroatoms. The van der Waals surface area contributed by atoms with Gasteiger partial charge in [0.15, 0.2) is 11.6 Å². The van der Waals surface area contributed by atoms with Crippen molar-refractivity contribution in [1.82, 2.24) is 0 Å². The summed E-state index contributed by atoms with van der Waals surface area (Å²) in [4.78, 5) is 0. The van der Waals surface area contributed by atoms with E-state index in [0.717, 1.165) is 24.6 Å². The largest absolute Gasteiger partial charge is 0.206 e. The van der Waals surface area contributed by atoms with Crippen LogP contribution in [0.5, 0.6) is 0 Å². The number of nitrogens with zero attached hydrogens (tertiary/aromatic N) is 2. The molecular formula is C15H10F4N2. The first-order chi connectivity index (χ1) is 9.97. The van der Waals surface area contributed by atoms with Crippen molar-refractivity contribution in [2.45, 2.75) is 6.92 Å². The van der Waals surface area contributed by atoms with Crippen molar-refractivity contribution in [1.29, 1.82) is 0 Å². The summed E-state index contributed by atoms with van der Waals surface area (Å²) in [6, 6.07) is 5.51. The Morgan fingerprint density at radius 1 is 0.762 bits per heavy atom. The van der Waals surface area contributed by atoms with Crippen LogP contribution in [-0.4, -0.2) is 12.4 Å². The molecule has 0 N–H and O–H groups in total. The molecule has 0 aliphatic heterocycles. The molecule has 0 atom stereocenters. The van der Waals surface area contributed by atoms with Crippen molar-refractivity contribution in [3.63, 3.8) is 0 Å². The Balaban J connectivity index is 2.15. The zero-order chi connectivity index (χ0) is 15.4. The Bertz CT molecular complexity index is 701. The first-order valence-electron chi connectivity index (χ1n) is 5.94. The van der Waals surface area contributed by atoms with Gasteiger partial charge in [-0.15, -0.1) is 0 Å². The summed E-state index contributed by atoms with van der Waals surface area (Å²) >= 11 is 0. The number of hydrogen-bond donors (Lipinski definition) is 0. The highest BCUT2D eigenvalue weighted by Gasteiger charge is 2.07. The molecule has 0 aromatic heterocycles. The van der Waals surface area contributed by atoms with Gasteiger partial charge in [-0.05, 0) is 42.3 Å². The van der Waals surface area contributed by atoms with Crippen LogP contribution >= 0.6 is 0 Å². The van der Waals surface area contributed by atoms with Crippen molar-refractivity contribution < 1.29 is 17.6 Å². The van der Waals surface area contributed by atoms with Crippen LogP contribution in [0.3, 0.4) is 0 Å². The van der Waals surface area contributed by atoms with Gasteiger partial charge in [-0.3, -0.25) is 0 Å². The fraction of sp³-hybridized carbons (Fsp3) is 0.0667. The molecule has 0 heterocycles. The summed E-state index contributed by atoms with van der Waals surface area (Å²) in [7, 11) is 0. The zero-order valence-corrected chi connectivity index (χ0v) is 10.9. The van der Waals surface area contributed by atoms with Gasteiger partial charge in [0, 0.05) is 0 Å². The molecule has 2 rings (SSSR count). The molecule has 0 bridgehead atoms. The smallest absolute Gasteiger partial charge is 0.159 e. The number of hydrogen-bond acceptors (Lipinski definition) is 2. The summed E-state index contributed by atoms with van der Waals surface area (Å²) in [5.74, 6) is -3.49. The molecular weight excluding hydrogens is 284 g/mol.